The van der Waals surface area contributed by atoms with Gasteiger partial charge in [-0.3, -0.25) is 4.90 Å². The van der Waals surface area contributed by atoms with Crippen LogP contribution in [0.1, 0.15) is 38.7 Å². The quantitative estimate of drug-likeness (QED) is 0.906. The average molecular weight is 327 g/mol. The van der Waals surface area contributed by atoms with E-state index < -0.39 is 41.3 Å². The second-order valence-corrected chi connectivity index (χ2v) is 6.55. The van der Waals surface area contributed by atoms with Crippen LogP contribution in [0.5, 0.6) is 0 Å². The number of carboxylic acids is 1. The van der Waals surface area contributed by atoms with Crippen molar-refractivity contribution >= 4 is 12.1 Å². The van der Waals surface area contributed by atoms with E-state index in [-0.39, 0.29) is 18.5 Å². The Hall–Kier alpha value is -2.18. The highest BCUT2D eigenvalue weighted by molar-refractivity contribution is 5.81. The molecule has 1 N–H and O–H groups in total. The number of aliphatic carboxylic acids is 1. The molecule has 1 saturated heterocycles. The predicted octanol–water partition coefficient (Wildman–Crippen LogP) is 3.14. The van der Waals surface area contributed by atoms with Crippen LogP contribution >= 0.6 is 0 Å². The van der Waals surface area contributed by atoms with Crippen molar-refractivity contribution in [3.63, 3.8) is 0 Å². The summed E-state index contributed by atoms with van der Waals surface area (Å²) < 4.78 is 33.0. The fraction of sp³-hybridized carbons (Fsp3) is 0.500. The van der Waals surface area contributed by atoms with Crippen molar-refractivity contribution in [3.8, 4) is 0 Å². The SMILES string of the molecule is CC(C)(C)OC(=O)N1C[C@@H](c2c(F)cccc2F)CC1C(=O)O. The number of hydrogen-bond donors (Lipinski definition) is 1. The molecule has 0 aromatic heterocycles. The molecule has 0 bridgehead atoms. The molecule has 1 fully saturated rings. The second kappa shape index (κ2) is 6.14. The van der Waals surface area contributed by atoms with Gasteiger partial charge in [0, 0.05) is 18.0 Å². The van der Waals surface area contributed by atoms with E-state index in [0.29, 0.717) is 0 Å². The first-order valence-electron chi connectivity index (χ1n) is 7.26. The lowest BCUT2D eigenvalue weighted by Crippen LogP contribution is -2.43. The van der Waals surface area contributed by atoms with Gasteiger partial charge in [0.25, 0.3) is 0 Å². The number of halogens is 2. The van der Waals surface area contributed by atoms with E-state index in [0.717, 1.165) is 17.0 Å². The van der Waals surface area contributed by atoms with E-state index in [2.05, 4.69) is 0 Å². The number of carboxylic acid groups (broad SMARTS) is 1. The molecule has 1 unspecified atom stereocenters. The summed E-state index contributed by atoms with van der Waals surface area (Å²) >= 11 is 0. The molecule has 1 aliphatic rings. The van der Waals surface area contributed by atoms with Crippen molar-refractivity contribution < 1.29 is 28.2 Å². The highest BCUT2D eigenvalue weighted by Crippen LogP contribution is 2.35. The Labute approximate surface area is 132 Å². The molecule has 5 nitrogen and oxygen atoms in total. The molecule has 2 atom stereocenters. The zero-order valence-electron chi connectivity index (χ0n) is 13.2. The number of hydrogen-bond acceptors (Lipinski definition) is 3. The van der Waals surface area contributed by atoms with Gasteiger partial charge in [-0.25, -0.2) is 18.4 Å². The molecule has 1 aromatic rings. The number of likely N-dealkylation sites (tertiary alicyclic amines) is 1. The molecule has 0 saturated carbocycles. The molecular weight excluding hydrogens is 308 g/mol. The van der Waals surface area contributed by atoms with Crippen molar-refractivity contribution in [1.29, 1.82) is 0 Å². The van der Waals surface area contributed by atoms with Gasteiger partial charge >= 0.3 is 12.1 Å². The van der Waals surface area contributed by atoms with E-state index in [4.69, 9.17) is 4.74 Å². The number of amides is 1. The van der Waals surface area contributed by atoms with E-state index in [1.165, 1.54) is 6.07 Å². The van der Waals surface area contributed by atoms with Gasteiger partial charge in [0.15, 0.2) is 0 Å². The van der Waals surface area contributed by atoms with Gasteiger partial charge < -0.3 is 9.84 Å². The molecule has 2 rings (SSSR count). The van der Waals surface area contributed by atoms with E-state index in [1.807, 2.05) is 0 Å². The normalized spacial score (nSPS) is 21.3. The molecule has 1 aromatic carbocycles. The van der Waals surface area contributed by atoms with Crippen LogP contribution in [0.2, 0.25) is 0 Å². The summed E-state index contributed by atoms with van der Waals surface area (Å²) in [5.41, 5.74) is -0.980. The highest BCUT2D eigenvalue weighted by Gasteiger charge is 2.43. The predicted molar refractivity (Wildman–Crippen MR) is 78.1 cm³/mol. The molecule has 1 heterocycles. The standard InChI is InChI=1S/C16H19F2NO4/c1-16(2,3)23-15(22)19-8-9(7-12(19)14(20)21)13-10(17)5-4-6-11(13)18/h4-6,9,12H,7-8H2,1-3H3,(H,20,21)/t9-,12?/m0/s1. The molecule has 126 valence electrons. The lowest BCUT2D eigenvalue weighted by Gasteiger charge is -2.26. The van der Waals surface area contributed by atoms with E-state index in [9.17, 15) is 23.5 Å². The third kappa shape index (κ3) is 3.78. The Morgan fingerprint density at radius 1 is 1.26 bits per heavy atom. The minimum atomic E-state index is -1.23. The molecule has 23 heavy (non-hydrogen) atoms. The monoisotopic (exact) mass is 327 g/mol. The largest absolute Gasteiger partial charge is 0.480 e. The summed E-state index contributed by atoms with van der Waals surface area (Å²) in [5.74, 6) is -3.45. The topological polar surface area (TPSA) is 66.8 Å². The van der Waals surface area contributed by atoms with Crippen LogP contribution in [0, 0.1) is 11.6 Å². The van der Waals surface area contributed by atoms with Gasteiger partial charge in [-0.2, -0.15) is 0 Å². The summed E-state index contributed by atoms with van der Waals surface area (Å²) in [6.07, 6.45) is -0.865. The van der Waals surface area contributed by atoms with E-state index >= 15 is 0 Å². The Bertz CT molecular complexity index is 607. The van der Waals surface area contributed by atoms with Gasteiger partial charge in [0.05, 0.1) is 0 Å². The van der Waals surface area contributed by atoms with Crippen LogP contribution in [0.4, 0.5) is 13.6 Å². The lowest BCUT2D eigenvalue weighted by atomic mass is 9.95. The summed E-state index contributed by atoms with van der Waals surface area (Å²) in [4.78, 5) is 24.6. The van der Waals surface area contributed by atoms with Crippen LogP contribution in [0.25, 0.3) is 0 Å². The molecular formula is C16H19F2NO4. The molecule has 7 heteroatoms. The Morgan fingerprint density at radius 2 is 1.83 bits per heavy atom. The van der Waals surface area contributed by atoms with Crippen molar-refractivity contribution in [2.75, 3.05) is 6.54 Å². The number of carbonyl (C=O) groups is 2. The summed E-state index contributed by atoms with van der Waals surface area (Å²) in [7, 11) is 0. The van der Waals surface area contributed by atoms with Crippen molar-refractivity contribution in [2.24, 2.45) is 0 Å². The van der Waals surface area contributed by atoms with Crippen molar-refractivity contribution in [3.05, 3.63) is 35.4 Å². The summed E-state index contributed by atoms with van der Waals surface area (Å²) in [6, 6.07) is 2.30. The number of rotatable bonds is 2. The zero-order valence-corrected chi connectivity index (χ0v) is 13.2. The van der Waals surface area contributed by atoms with Crippen LogP contribution in [-0.2, 0) is 9.53 Å². The van der Waals surface area contributed by atoms with Crippen LogP contribution in [-0.4, -0.2) is 40.3 Å². The summed E-state index contributed by atoms with van der Waals surface area (Å²) in [6.45, 7) is 4.87. The number of nitrogens with zero attached hydrogens (tertiary/aromatic N) is 1. The molecule has 0 radical (unpaired) electrons. The van der Waals surface area contributed by atoms with Crippen LogP contribution in [0.15, 0.2) is 18.2 Å². The first-order valence-corrected chi connectivity index (χ1v) is 7.26. The Kier molecular flexibility index (Phi) is 4.58. The smallest absolute Gasteiger partial charge is 0.411 e. The Balaban J connectivity index is 2.28. The second-order valence-electron chi connectivity index (χ2n) is 6.55. The minimum absolute atomic E-state index is 0.0631. The van der Waals surface area contributed by atoms with Crippen LogP contribution in [0.3, 0.4) is 0 Å². The van der Waals surface area contributed by atoms with Gasteiger partial charge in [0.2, 0.25) is 0 Å². The van der Waals surface area contributed by atoms with Gasteiger partial charge in [-0.15, -0.1) is 0 Å². The minimum Gasteiger partial charge on any atom is -0.480 e. The maximum atomic E-state index is 13.9. The third-order valence-electron chi connectivity index (χ3n) is 3.62. The van der Waals surface area contributed by atoms with Crippen molar-refractivity contribution in [1.82, 2.24) is 4.90 Å². The van der Waals surface area contributed by atoms with Gasteiger partial charge in [0.1, 0.15) is 23.3 Å². The van der Waals surface area contributed by atoms with Crippen LogP contribution < -0.4 is 0 Å². The highest BCUT2D eigenvalue weighted by atomic mass is 19.1. The molecule has 0 aliphatic carbocycles. The first-order chi connectivity index (χ1) is 10.6. The molecule has 1 amide bonds. The fourth-order valence-corrected chi connectivity index (χ4v) is 2.70. The number of benzene rings is 1. The molecule has 1 aliphatic heterocycles. The fourth-order valence-electron chi connectivity index (χ4n) is 2.70. The van der Waals surface area contributed by atoms with E-state index in [1.54, 1.807) is 20.8 Å². The lowest BCUT2D eigenvalue weighted by molar-refractivity contribution is -0.142. The van der Waals surface area contributed by atoms with Gasteiger partial charge in [-0.1, -0.05) is 6.07 Å². The summed E-state index contributed by atoms with van der Waals surface area (Å²) in [5, 5.41) is 9.30. The maximum absolute atomic E-state index is 13.9. The Morgan fingerprint density at radius 3 is 2.30 bits per heavy atom. The number of ether oxygens (including phenoxy) is 1. The zero-order chi connectivity index (χ0) is 17.4. The van der Waals surface area contributed by atoms with Crippen molar-refractivity contribution in [2.45, 2.75) is 44.8 Å². The maximum Gasteiger partial charge on any atom is 0.411 e. The van der Waals surface area contributed by atoms with Gasteiger partial charge in [-0.05, 0) is 39.3 Å². The average Bonchev–Trinajstić information content (AvgIpc) is 2.81. The molecule has 0 spiro atoms. The first kappa shape index (κ1) is 17.2. The third-order valence-corrected chi connectivity index (χ3v) is 3.62. The number of carbonyl (C=O) groups excluding carboxylic acids is 1.